The monoisotopic (exact) mass is 261 g/mol. The standard InChI is InChI=1S/C13H12FN3S/c1-16(2)13-4-3-11(18-13)10-8-17-6-5-9(14)7-12(17)15-10/h3-8H,1-2H3. The van der Waals surface area contributed by atoms with Gasteiger partial charge >= 0.3 is 0 Å². The van der Waals surface area contributed by atoms with Crippen molar-refractivity contribution in [2.75, 3.05) is 19.0 Å². The summed E-state index contributed by atoms with van der Waals surface area (Å²) in [5, 5.41) is 1.17. The van der Waals surface area contributed by atoms with Gasteiger partial charge in [0.15, 0.2) is 0 Å². The Labute approximate surface area is 108 Å². The molecule has 0 aliphatic rings. The number of rotatable bonds is 2. The van der Waals surface area contributed by atoms with Gasteiger partial charge in [-0.2, -0.15) is 0 Å². The average Bonchev–Trinajstić information content (AvgIpc) is 2.93. The van der Waals surface area contributed by atoms with Gasteiger partial charge in [-0.3, -0.25) is 0 Å². The molecule has 0 N–H and O–H groups in total. The molecule has 3 heterocycles. The fraction of sp³-hybridized carbons (Fsp3) is 0.154. The highest BCUT2D eigenvalue weighted by Gasteiger charge is 2.08. The molecule has 0 spiro atoms. The summed E-state index contributed by atoms with van der Waals surface area (Å²) in [7, 11) is 4.02. The molecule has 0 unspecified atom stereocenters. The lowest BCUT2D eigenvalue weighted by molar-refractivity contribution is 0.626. The van der Waals surface area contributed by atoms with E-state index in [1.165, 1.54) is 17.1 Å². The Morgan fingerprint density at radius 1 is 1.28 bits per heavy atom. The normalized spacial score (nSPS) is 11.1. The van der Waals surface area contributed by atoms with Crippen molar-refractivity contribution >= 4 is 22.0 Å². The number of pyridine rings is 1. The van der Waals surface area contributed by atoms with Crippen molar-refractivity contribution in [2.45, 2.75) is 0 Å². The Balaban J connectivity index is 2.07. The van der Waals surface area contributed by atoms with E-state index < -0.39 is 0 Å². The maximum atomic E-state index is 13.1. The Morgan fingerprint density at radius 2 is 2.11 bits per heavy atom. The van der Waals surface area contributed by atoms with Crippen LogP contribution in [0.3, 0.4) is 0 Å². The molecular formula is C13H12FN3S. The summed E-state index contributed by atoms with van der Waals surface area (Å²) in [5.41, 5.74) is 1.50. The molecule has 0 fully saturated rings. The van der Waals surface area contributed by atoms with Crippen molar-refractivity contribution in [3.8, 4) is 10.6 Å². The quantitative estimate of drug-likeness (QED) is 0.705. The molecule has 0 aliphatic heterocycles. The molecule has 0 bridgehead atoms. The van der Waals surface area contributed by atoms with Crippen LogP contribution >= 0.6 is 11.3 Å². The third-order valence-electron chi connectivity index (χ3n) is 2.71. The molecule has 0 atom stereocenters. The summed E-state index contributed by atoms with van der Waals surface area (Å²) in [4.78, 5) is 7.58. The molecular weight excluding hydrogens is 249 g/mol. The lowest BCUT2D eigenvalue weighted by Gasteiger charge is -2.06. The number of hydrogen-bond acceptors (Lipinski definition) is 3. The molecule has 0 aromatic carbocycles. The number of halogens is 1. The Hall–Kier alpha value is -1.88. The molecule has 0 aliphatic carbocycles. The zero-order chi connectivity index (χ0) is 12.7. The molecule has 3 rings (SSSR count). The molecule has 0 saturated carbocycles. The van der Waals surface area contributed by atoms with Crippen molar-refractivity contribution in [2.24, 2.45) is 0 Å². The molecule has 0 amide bonds. The Bertz CT molecular complexity index is 699. The number of nitrogens with zero attached hydrogens (tertiary/aromatic N) is 3. The molecule has 92 valence electrons. The van der Waals surface area contributed by atoms with Crippen LogP contribution in [0, 0.1) is 5.82 Å². The smallest absolute Gasteiger partial charge is 0.140 e. The number of fused-ring (bicyclic) bond motifs is 1. The SMILES string of the molecule is CN(C)c1ccc(-c2cn3ccc(F)cc3n2)s1. The number of anilines is 1. The topological polar surface area (TPSA) is 20.5 Å². The number of hydrogen-bond donors (Lipinski definition) is 0. The Morgan fingerprint density at radius 3 is 2.83 bits per heavy atom. The third-order valence-corrected chi connectivity index (χ3v) is 3.98. The molecule has 18 heavy (non-hydrogen) atoms. The summed E-state index contributed by atoms with van der Waals surface area (Å²) < 4.78 is 14.9. The first-order valence-electron chi connectivity index (χ1n) is 5.55. The molecule has 3 aromatic heterocycles. The van der Waals surface area contributed by atoms with Crippen LogP contribution in [0.1, 0.15) is 0 Å². The zero-order valence-electron chi connectivity index (χ0n) is 10.1. The maximum Gasteiger partial charge on any atom is 0.140 e. The van der Waals surface area contributed by atoms with Gasteiger partial charge in [-0.25, -0.2) is 9.37 Å². The summed E-state index contributed by atoms with van der Waals surface area (Å²) in [5.74, 6) is -0.264. The third kappa shape index (κ3) is 1.86. The minimum Gasteiger partial charge on any atom is -0.370 e. The highest BCUT2D eigenvalue weighted by molar-refractivity contribution is 7.19. The summed E-state index contributed by atoms with van der Waals surface area (Å²) in [6, 6.07) is 6.96. The van der Waals surface area contributed by atoms with E-state index in [2.05, 4.69) is 16.0 Å². The van der Waals surface area contributed by atoms with E-state index in [0.717, 1.165) is 10.6 Å². The van der Waals surface area contributed by atoms with Crippen molar-refractivity contribution in [1.82, 2.24) is 9.38 Å². The van der Waals surface area contributed by atoms with Crippen molar-refractivity contribution in [1.29, 1.82) is 0 Å². The maximum absolute atomic E-state index is 13.1. The van der Waals surface area contributed by atoms with Crippen LogP contribution in [0.25, 0.3) is 16.2 Å². The molecule has 0 radical (unpaired) electrons. The van der Waals surface area contributed by atoms with Gasteiger partial charge in [0.25, 0.3) is 0 Å². The van der Waals surface area contributed by atoms with Crippen LogP contribution in [0.2, 0.25) is 0 Å². The summed E-state index contributed by atoms with van der Waals surface area (Å²) >= 11 is 1.67. The summed E-state index contributed by atoms with van der Waals surface area (Å²) in [6.07, 6.45) is 3.60. The van der Waals surface area contributed by atoms with Crippen LogP contribution in [-0.2, 0) is 0 Å². The number of aromatic nitrogens is 2. The predicted molar refractivity (Wildman–Crippen MR) is 72.8 cm³/mol. The molecule has 3 nitrogen and oxygen atoms in total. The first-order chi connectivity index (χ1) is 8.63. The second kappa shape index (κ2) is 4.10. The van der Waals surface area contributed by atoms with Crippen molar-refractivity contribution < 1.29 is 4.39 Å². The summed E-state index contributed by atoms with van der Waals surface area (Å²) in [6.45, 7) is 0. The predicted octanol–water partition coefficient (Wildman–Crippen LogP) is 3.27. The van der Waals surface area contributed by atoms with Crippen molar-refractivity contribution in [3.63, 3.8) is 0 Å². The largest absolute Gasteiger partial charge is 0.370 e. The van der Waals surface area contributed by atoms with Gasteiger partial charge in [-0.05, 0) is 18.2 Å². The van der Waals surface area contributed by atoms with Gasteiger partial charge in [0.05, 0.1) is 15.6 Å². The number of imidazole rings is 1. The minimum absolute atomic E-state index is 0.264. The average molecular weight is 261 g/mol. The van der Waals surface area contributed by atoms with Gasteiger partial charge in [0.1, 0.15) is 11.5 Å². The zero-order valence-corrected chi connectivity index (χ0v) is 10.9. The van der Waals surface area contributed by atoms with Crippen LogP contribution < -0.4 is 4.90 Å². The lowest BCUT2D eigenvalue weighted by atomic mass is 10.4. The highest BCUT2D eigenvalue weighted by atomic mass is 32.1. The van der Waals surface area contributed by atoms with E-state index in [0.29, 0.717) is 5.65 Å². The first kappa shape index (κ1) is 11.2. The molecule has 0 saturated heterocycles. The van der Waals surface area contributed by atoms with Gasteiger partial charge in [0, 0.05) is 32.6 Å². The van der Waals surface area contributed by atoms with E-state index in [-0.39, 0.29) is 5.82 Å². The van der Waals surface area contributed by atoms with Gasteiger partial charge in [-0.1, -0.05) is 0 Å². The lowest BCUT2D eigenvalue weighted by Crippen LogP contribution is -2.05. The van der Waals surface area contributed by atoms with Crippen LogP contribution in [0.5, 0.6) is 0 Å². The molecule has 3 aromatic rings. The van der Waals surface area contributed by atoms with Gasteiger partial charge < -0.3 is 9.30 Å². The fourth-order valence-corrected chi connectivity index (χ4v) is 2.66. The van der Waals surface area contributed by atoms with Gasteiger partial charge in [-0.15, -0.1) is 11.3 Å². The second-order valence-electron chi connectivity index (χ2n) is 4.27. The van der Waals surface area contributed by atoms with E-state index in [4.69, 9.17) is 0 Å². The number of thiophene rings is 1. The fourth-order valence-electron chi connectivity index (χ4n) is 1.78. The van der Waals surface area contributed by atoms with Gasteiger partial charge in [0.2, 0.25) is 0 Å². The van der Waals surface area contributed by atoms with E-state index in [1.54, 1.807) is 17.5 Å². The van der Waals surface area contributed by atoms with E-state index >= 15 is 0 Å². The van der Waals surface area contributed by atoms with Crippen LogP contribution in [0.4, 0.5) is 9.39 Å². The minimum atomic E-state index is -0.264. The first-order valence-corrected chi connectivity index (χ1v) is 6.37. The van der Waals surface area contributed by atoms with E-state index in [1.807, 2.05) is 30.8 Å². The molecule has 5 heteroatoms. The Kier molecular flexibility index (Phi) is 2.56. The second-order valence-corrected chi connectivity index (χ2v) is 5.33. The highest BCUT2D eigenvalue weighted by Crippen LogP contribution is 2.32. The van der Waals surface area contributed by atoms with E-state index in [9.17, 15) is 4.39 Å². The van der Waals surface area contributed by atoms with Crippen molar-refractivity contribution in [3.05, 3.63) is 42.5 Å². The van der Waals surface area contributed by atoms with Crippen LogP contribution in [0.15, 0.2) is 36.7 Å². The van der Waals surface area contributed by atoms with Crippen LogP contribution in [-0.4, -0.2) is 23.5 Å².